The molecular weight excluding hydrogens is 230 g/mol. The van der Waals surface area contributed by atoms with E-state index in [0.29, 0.717) is 18.7 Å². The maximum absolute atomic E-state index is 11.3. The normalized spacial score (nSPS) is 15.8. The van der Waals surface area contributed by atoms with Gasteiger partial charge in [0.05, 0.1) is 17.5 Å². The molecule has 0 bridgehead atoms. The molecule has 4 N–H and O–H groups in total. The molecule has 98 valence electrons. The highest BCUT2D eigenvalue weighted by Gasteiger charge is 2.18. The van der Waals surface area contributed by atoms with E-state index >= 15 is 0 Å². The average Bonchev–Trinajstić information content (AvgIpc) is 2.26. The van der Waals surface area contributed by atoms with E-state index in [9.17, 15) is 9.90 Å². The summed E-state index contributed by atoms with van der Waals surface area (Å²) in [5, 5.41) is 12.2. The molecule has 0 aromatic heterocycles. The van der Waals surface area contributed by atoms with Crippen molar-refractivity contribution in [2.45, 2.75) is 25.9 Å². The minimum absolute atomic E-state index is 0.0342. The molecule has 1 amide bonds. The van der Waals surface area contributed by atoms with Crippen LogP contribution in [0.4, 0.5) is 17.1 Å². The SMILES string of the molecule is CC(O)CN(C)c1cc2c(cc1N)NC(=O)CC2. The van der Waals surface area contributed by atoms with Crippen LogP contribution in [0.15, 0.2) is 12.1 Å². The third kappa shape index (κ3) is 2.56. The van der Waals surface area contributed by atoms with Gasteiger partial charge in [-0.2, -0.15) is 0 Å². The molecule has 0 saturated heterocycles. The van der Waals surface area contributed by atoms with Crippen LogP contribution in [0.1, 0.15) is 18.9 Å². The lowest BCUT2D eigenvalue weighted by Crippen LogP contribution is -2.28. The number of amides is 1. The van der Waals surface area contributed by atoms with E-state index in [0.717, 1.165) is 23.4 Å². The van der Waals surface area contributed by atoms with E-state index in [4.69, 9.17) is 5.73 Å². The fourth-order valence-electron chi connectivity index (χ4n) is 2.26. The van der Waals surface area contributed by atoms with E-state index in [1.54, 1.807) is 13.0 Å². The third-order valence-electron chi connectivity index (χ3n) is 3.10. The molecule has 5 nitrogen and oxygen atoms in total. The standard InChI is InChI=1S/C13H19N3O2/c1-8(17)7-16(2)12-5-9-3-4-13(18)15-11(9)6-10(12)14/h5-6,8,17H,3-4,7,14H2,1-2H3,(H,15,18). The maximum atomic E-state index is 11.3. The van der Waals surface area contributed by atoms with Crippen LogP contribution in [-0.4, -0.2) is 30.7 Å². The zero-order chi connectivity index (χ0) is 13.3. The van der Waals surface area contributed by atoms with Gasteiger partial charge < -0.3 is 21.1 Å². The number of fused-ring (bicyclic) bond motifs is 1. The fraction of sp³-hybridized carbons (Fsp3) is 0.462. The molecule has 1 heterocycles. The number of anilines is 3. The van der Waals surface area contributed by atoms with E-state index in [-0.39, 0.29) is 5.91 Å². The Kier molecular flexibility index (Phi) is 3.43. The number of carbonyl (C=O) groups is 1. The van der Waals surface area contributed by atoms with Crippen molar-refractivity contribution in [2.75, 3.05) is 29.5 Å². The van der Waals surface area contributed by atoms with Gasteiger partial charge in [0.1, 0.15) is 0 Å². The van der Waals surface area contributed by atoms with Gasteiger partial charge in [-0.25, -0.2) is 0 Å². The number of aliphatic hydroxyl groups is 1. The lowest BCUT2D eigenvalue weighted by atomic mass is 10.0. The van der Waals surface area contributed by atoms with E-state index in [2.05, 4.69) is 5.32 Å². The number of aliphatic hydroxyl groups excluding tert-OH is 1. The lowest BCUT2D eigenvalue weighted by molar-refractivity contribution is -0.116. The summed E-state index contributed by atoms with van der Waals surface area (Å²) in [6.45, 7) is 2.26. The first-order valence-corrected chi connectivity index (χ1v) is 6.09. The summed E-state index contributed by atoms with van der Waals surface area (Å²) in [5.74, 6) is 0.0342. The van der Waals surface area contributed by atoms with Crippen molar-refractivity contribution in [1.29, 1.82) is 0 Å². The topological polar surface area (TPSA) is 78.6 Å². The van der Waals surface area contributed by atoms with Crippen LogP contribution in [0, 0.1) is 0 Å². The molecule has 1 aromatic rings. The first kappa shape index (κ1) is 12.7. The molecule has 1 aromatic carbocycles. The molecule has 1 atom stereocenters. The van der Waals surface area contributed by atoms with Crippen LogP contribution in [0.2, 0.25) is 0 Å². The van der Waals surface area contributed by atoms with Crippen LogP contribution in [0.5, 0.6) is 0 Å². The van der Waals surface area contributed by atoms with Crippen LogP contribution >= 0.6 is 0 Å². The molecule has 0 aliphatic carbocycles. The Balaban J connectivity index is 2.30. The van der Waals surface area contributed by atoms with Crippen molar-refractivity contribution in [3.05, 3.63) is 17.7 Å². The Morgan fingerprint density at radius 2 is 2.22 bits per heavy atom. The third-order valence-corrected chi connectivity index (χ3v) is 3.10. The van der Waals surface area contributed by atoms with Gasteiger partial charge in [0.15, 0.2) is 0 Å². The first-order chi connectivity index (χ1) is 8.47. The Morgan fingerprint density at radius 1 is 1.50 bits per heavy atom. The van der Waals surface area contributed by atoms with Gasteiger partial charge in [-0.15, -0.1) is 0 Å². The van der Waals surface area contributed by atoms with Crippen molar-refractivity contribution in [2.24, 2.45) is 0 Å². The predicted octanol–water partition coefficient (Wildman–Crippen LogP) is 0.970. The summed E-state index contributed by atoms with van der Waals surface area (Å²) < 4.78 is 0. The number of nitrogens with one attached hydrogen (secondary N) is 1. The van der Waals surface area contributed by atoms with Crippen molar-refractivity contribution in [1.82, 2.24) is 0 Å². The molecule has 0 spiro atoms. The fourth-order valence-corrected chi connectivity index (χ4v) is 2.26. The van der Waals surface area contributed by atoms with Gasteiger partial charge in [0, 0.05) is 25.7 Å². The van der Waals surface area contributed by atoms with Gasteiger partial charge in [-0.1, -0.05) is 0 Å². The zero-order valence-electron chi connectivity index (χ0n) is 10.7. The number of nitrogens with two attached hydrogens (primary N) is 1. The summed E-state index contributed by atoms with van der Waals surface area (Å²) in [7, 11) is 1.90. The van der Waals surface area contributed by atoms with E-state index in [1.165, 1.54) is 0 Å². The summed E-state index contributed by atoms with van der Waals surface area (Å²) in [5.41, 5.74) is 9.39. The molecule has 18 heavy (non-hydrogen) atoms. The van der Waals surface area contributed by atoms with Crippen molar-refractivity contribution < 1.29 is 9.90 Å². The number of hydrogen-bond acceptors (Lipinski definition) is 4. The quantitative estimate of drug-likeness (QED) is 0.697. The molecule has 0 radical (unpaired) electrons. The molecule has 1 aliphatic heterocycles. The number of aryl methyl sites for hydroxylation is 1. The molecular formula is C13H19N3O2. The van der Waals surface area contributed by atoms with E-state index in [1.807, 2.05) is 18.0 Å². The molecule has 0 saturated carbocycles. The summed E-state index contributed by atoms with van der Waals surface area (Å²) in [4.78, 5) is 13.2. The van der Waals surface area contributed by atoms with Gasteiger partial charge in [0.2, 0.25) is 5.91 Å². The molecule has 0 fully saturated rings. The number of likely N-dealkylation sites (N-methyl/N-ethyl adjacent to an activating group) is 1. The van der Waals surface area contributed by atoms with Gasteiger partial charge in [-0.05, 0) is 31.0 Å². The van der Waals surface area contributed by atoms with Crippen molar-refractivity contribution in [3.63, 3.8) is 0 Å². The second-order valence-corrected chi connectivity index (χ2v) is 4.85. The van der Waals surface area contributed by atoms with Crippen LogP contribution < -0.4 is 16.0 Å². The predicted molar refractivity (Wildman–Crippen MR) is 72.8 cm³/mol. The average molecular weight is 249 g/mol. The highest BCUT2D eigenvalue weighted by molar-refractivity contribution is 5.95. The van der Waals surface area contributed by atoms with E-state index < -0.39 is 6.10 Å². The number of carbonyl (C=O) groups excluding carboxylic acids is 1. The van der Waals surface area contributed by atoms with Gasteiger partial charge >= 0.3 is 0 Å². The smallest absolute Gasteiger partial charge is 0.224 e. The lowest BCUT2D eigenvalue weighted by Gasteiger charge is -2.26. The number of nitrogen functional groups attached to an aromatic ring is 1. The highest BCUT2D eigenvalue weighted by Crippen LogP contribution is 2.32. The highest BCUT2D eigenvalue weighted by atomic mass is 16.3. The number of nitrogens with zero attached hydrogens (tertiary/aromatic N) is 1. The van der Waals surface area contributed by atoms with Crippen LogP contribution in [-0.2, 0) is 11.2 Å². The number of rotatable bonds is 3. The Bertz CT molecular complexity index is 472. The Hall–Kier alpha value is -1.75. The Labute approximate surface area is 107 Å². The van der Waals surface area contributed by atoms with Crippen molar-refractivity contribution >= 4 is 23.0 Å². The number of hydrogen-bond donors (Lipinski definition) is 3. The molecule has 5 heteroatoms. The molecule has 1 unspecified atom stereocenters. The van der Waals surface area contributed by atoms with Crippen molar-refractivity contribution in [3.8, 4) is 0 Å². The minimum atomic E-state index is -0.412. The van der Waals surface area contributed by atoms with Gasteiger partial charge in [0.25, 0.3) is 0 Å². The largest absolute Gasteiger partial charge is 0.397 e. The number of benzene rings is 1. The summed E-state index contributed by atoms with van der Waals surface area (Å²) in [6.07, 6.45) is 0.832. The molecule has 1 aliphatic rings. The Morgan fingerprint density at radius 3 is 2.89 bits per heavy atom. The monoisotopic (exact) mass is 249 g/mol. The zero-order valence-corrected chi connectivity index (χ0v) is 10.7. The first-order valence-electron chi connectivity index (χ1n) is 6.09. The van der Waals surface area contributed by atoms with Crippen LogP contribution in [0.3, 0.4) is 0 Å². The summed E-state index contributed by atoms with van der Waals surface area (Å²) in [6, 6.07) is 3.78. The van der Waals surface area contributed by atoms with Gasteiger partial charge in [-0.3, -0.25) is 4.79 Å². The molecule has 2 rings (SSSR count). The van der Waals surface area contributed by atoms with Crippen LogP contribution in [0.25, 0.3) is 0 Å². The minimum Gasteiger partial charge on any atom is -0.397 e. The maximum Gasteiger partial charge on any atom is 0.224 e. The second-order valence-electron chi connectivity index (χ2n) is 4.85. The second kappa shape index (κ2) is 4.86. The summed E-state index contributed by atoms with van der Waals surface area (Å²) >= 11 is 0.